The third kappa shape index (κ3) is 6.05. The quantitative estimate of drug-likeness (QED) is 0.796. The molecule has 0 N–H and O–H groups in total. The Morgan fingerprint density at radius 2 is 1.77 bits per heavy atom. The van der Waals surface area contributed by atoms with Crippen molar-refractivity contribution in [3.8, 4) is 5.75 Å². The number of ether oxygens (including phenoxy) is 2. The number of nitrogens with zero attached hydrogens (tertiary/aromatic N) is 2. The molecule has 8 heteroatoms. The fraction of sp³-hybridized carbons (Fsp3) is 0.556. The van der Waals surface area contributed by atoms with Crippen molar-refractivity contribution in [3.63, 3.8) is 0 Å². The molecule has 6 nitrogen and oxygen atoms in total. The van der Waals surface area contributed by atoms with E-state index in [-0.39, 0.29) is 30.1 Å². The topological polar surface area (TPSA) is 59.1 Å². The summed E-state index contributed by atoms with van der Waals surface area (Å²) in [5.41, 5.74) is -0.539. The van der Waals surface area contributed by atoms with Crippen LogP contribution in [0.4, 0.5) is 9.18 Å². The summed E-state index contributed by atoms with van der Waals surface area (Å²) in [6, 6.07) is 3.84. The van der Waals surface area contributed by atoms with Crippen LogP contribution in [0.1, 0.15) is 27.2 Å². The highest BCUT2D eigenvalue weighted by Crippen LogP contribution is 2.25. The number of hydrogen-bond acceptors (Lipinski definition) is 4. The van der Waals surface area contributed by atoms with E-state index in [4.69, 9.17) is 21.1 Å². The van der Waals surface area contributed by atoms with Crippen molar-refractivity contribution in [3.05, 3.63) is 29.0 Å². The molecule has 2 amide bonds. The Morgan fingerprint density at radius 3 is 2.35 bits per heavy atom. The highest BCUT2D eigenvalue weighted by molar-refractivity contribution is 6.32. The highest BCUT2D eigenvalue weighted by Gasteiger charge is 2.27. The van der Waals surface area contributed by atoms with E-state index in [1.165, 1.54) is 12.1 Å². The van der Waals surface area contributed by atoms with E-state index in [0.29, 0.717) is 31.9 Å². The molecule has 0 spiro atoms. The van der Waals surface area contributed by atoms with Gasteiger partial charge in [-0.15, -0.1) is 0 Å². The van der Waals surface area contributed by atoms with Crippen molar-refractivity contribution in [1.82, 2.24) is 9.80 Å². The van der Waals surface area contributed by atoms with Crippen LogP contribution in [0.3, 0.4) is 0 Å². The second-order valence-electron chi connectivity index (χ2n) is 7.02. The SMILES string of the molecule is CC(C)(C)OC(=O)N1CCN(C(=O)CCOc2ccc(F)cc2Cl)CC1. The molecule has 0 atom stereocenters. The molecule has 0 saturated carbocycles. The van der Waals surface area contributed by atoms with E-state index >= 15 is 0 Å². The molecular formula is C18H24ClFN2O4. The van der Waals surface area contributed by atoms with E-state index in [2.05, 4.69) is 0 Å². The standard InChI is InChI=1S/C18H24ClFN2O4/c1-18(2,3)26-17(24)22-9-7-21(8-10-22)16(23)6-11-25-15-5-4-13(20)12-14(15)19/h4-5,12H,6-11H2,1-3H3. The maximum Gasteiger partial charge on any atom is 0.410 e. The first-order chi connectivity index (χ1) is 12.2. The lowest BCUT2D eigenvalue weighted by Gasteiger charge is -2.35. The van der Waals surface area contributed by atoms with Gasteiger partial charge in [-0.2, -0.15) is 0 Å². The van der Waals surface area contributed by atoms with Gasteiger partial charge in [0.1, 0.15) is 17.2 Å². The Labute approximate surface area is 157 Å². The lowest BCUT2D eigenvalue weighted by Crippen LogP contribution is -2.51. The van der Waals surface area contributed by atoms with Gasteiger partial charge in [0.25, 0.3) is 0 Å². The Morgan fingerprint density at radius 1 is 1.15 bits per heavy atom. The lowest BCUT2D eigenvalue weighted by molar-refractivity contribution is -0.133. The zero-order valence-electron chi connectivity index (χ0n) is 15.3. The Balaban J connectivity index is 1.73. The van der Waals surface area contributed by atoms with Gasteiger partial charge in [-0.05, 0) is 39.0 Å². The van der Waals surface area contributed by atoms with E-state index in [9.17, 15) is 14.0 Å². The summed E-state index contributed by atoms with van der Waals surface area (Å²) in [6.45, 7) is 7.38. The molecule has 1 aliphatic rings. The largest absolute Gasteiger partial charge is 0.491 e. The zero-order chi connectivity index (χ0) is 19.3. The molecule has 1 aromatic rings. The van der Waals surface area contributed by atoms with Gasteiger partial charge in [-0.25, -0.2) is 9.18 Å². The number of carbonyl (C=O) groups excluding carboxylic acids is 2. The predicted octanol–water partition coefficient (Wildman–Crippen LogP) is 3.33. The molecular weight excluding hydrogens is 363 g/mol. The molecule has 0 bridgehead atoms. The summed E-state index contributed by atoms with van der Waals surface area (Å²) in [5.74, 6) is -0.163. The number of rotatable bonds is 4. The van der Waals surface area contributed by atoms with Gasteiger partial charge in [0.2, 0.25) is 5.91 Å². The molecule has 1 aromatic carbocycles. The van der Waals surface area contributed by atoms with Gasteiger partial charge in [-0.3, -0.25) is 4.79 Å². The summed E-state index contributed by atoms with van der Waals surface area (Å²) in [6.07, 6.45) is -0.181. The average Bonchev–Trinajstić information content (AvgIpc) is 2.55. The van der Waals surface area contributed by atoms with Crippen molar-refractivity contribution in [2.75, 3.05) is 32.8 Å². The first kappa shape index (κ1) is 20.3. The molecule has 0 radical (unpaired) electrons. The van der Waals surface area contributed by atoms with Crippen LogP contribution in [-0.4, -0.2) is 60.2 Å². The normalized spacial score (nSPS) is 15.0. The second kappa shape index (κ2) is 8.58. The maximum absolute atomic E-state index is 13.0. The van der Waals surface area contributed by atoms with Gasteiger partial charge in [-0.1, -0.05) is 11.6 Å². The van der Waals surface area contributed by atoms with Crippen molar-refractivity contribution < 1.29 is 23.5 Å². The van der Waals surface area contributed by atoms with Crippen molar-refractivity contribution >= 4 is 23.6 Å². The van der Waals surface area contributed by atoms with Crippen LogP contribution in [-0.2, 0) is 9.53 Å². The minimum Gasteiger partial charge on any atom is -0.491 e. The monoisotopic (exact) mass is 386 g/mol. The summed E-state index contributed by atoms with van der Waals surface area (Å²) in [5, 5.41) is 0.170. The Kier molecular flexibility index (Phi) is 6.69. The average molecular weight is 387 g/mol. The van der Waals surface area contributed by atoms with Crippen LogP contribution in [0.5, 0.6) is 5.75 Å². The lowest BCUT2D eigenvalue weighted by atomic mass is 10.2. The predicted molar refractivity (Wildman–Crippen MR) is 95.9 cm³/mol. The van der Waals surface area contributed by atoms with Gasteiger partial charge in [0.05, 0.1) is 18.1 Å². The molecule has 26 heavy (non-hydrogen) atoms. The summed E-state index contributed by atoms with van der Waals surface area (Å²) >= 11 is 5.88. The van der Waals surface area contributed by atoms with Crippen LogP contribution in [0, 0.1) is 5.82 Å². The van der Waals surface area contributed by atoms with E-state index in [0.717, 1.165) is 6.07 Å². The van der Waals surface area contributed by atoms with Crippen LogP contribution in [0.25, 0.3) is 0 Å². The number of benzene rings is 1. The first-order valence-corrected chi connectivity index (χ1v) is 8.87. The van der Waals surface area contributed by atoms with Crippen LogP contribution >= 0.6 is 11.6 Å². The third-order valence-electron chi connectivity index (χ3n) is 3.75. The minimum atomic E-state index is -0.539. The molecule has 2 rings (SSSR count). The van der Waals surface area contributed by atoms with E-state index < -0.39 is 11.4 Å². The Hall–Kier alpha value is -2.02. The second-order valence-corrected chi connectivity index (χ2v) is 7.43. The molecule has 1 fully saturated rings. The Bertz CT molecular complexity index is 655. The first-order valence-electron chi connectivity index (χ1n) is 8.49. The van der Waals surface area contributed by atoms with E-state index in [1.54, 1.807) is 9.80 Å². The zero-order valence-corrected chi connectivity index (χ0v) is 16.0. The van der Waals surface area contributed by atoms with Crippen LogP contribution < -0.4 is 4.74 Å². The smallest absolute Gasteiger partial charge is 0.410 e. The van der Waals surface area contributed by atoms with Gasteiger partial charge in [0.15, 0.2) is 0 Å². The van der Waals surface area contributed by atoms with Crippen LogP contribution in [0.15, 0.2) is 18.2 Å². The van der Waals surface area contributed by atoms with Gasteiger partial charge in [0, 0.05) is 26.2 Å². The van der Waals surface area contributed by atoms with Crippen molar-refractivity contribution in [1.29, 1.82) is 0 Å². The number of piperazine rings is 1. The number of hydrogen-bond donors (Lipinski definition) is 0. The molecule has 144 valence electrons. The molecule has 0 aliphatic carbocycles. The fourth-order valence-corrected chi connectivity index (χ4v) is 2.69. The number of amides is 2. The van der Waals surface area contributed by atoms with Gasteiger partial charge >= 0.3 is 6.09 Å². The molecule has 0 aromatic heterocycles. The fourth-order valence-electron chi connectivity index (χ4n) is 2.46. The molecule has 1 saturated heterocycles. The maximum atomic E-state index is 13.0. The van der Waals surface area contributed by atoms with Gasteiger partial charge < -0.3 is 19.3 Å². The molecule has 1 heterocycles. The highest BCUT2D eigenvalue weighted by atomic mass is 35.5. The van der Waals surface area contributed by atoms with E-state index in [1.807, 2.05) is 20.8 Å². The number of carbonyl (C=O) groups is 2. The van der Waals surface area contributed by atoms with Crippen molar-refractivity contribution in [2.24, 2.45) is 0 Å². The minimum absolute atomic E-state index is 0.0629. The summed E-state index contributed by atoms with van der Waals surface area (Å²) in [7, 11) is 0. The summed E-state index contributed by atoms with van der Waals surface area (Å²) in [4.78, 5) is 27.6. The third-order valence-corrected chi connectivity index (χ3v) is 4.05. The molecule has 1 aliphatic heterocycles. The molecule has 0 unspecified atom stereocenters. The van der Waals surface area contributed by atoms with Crippen LogP contribution in [0.2, 0.25) is 5.02 Å². The van der Waals surface area contributed by atoms with Crippen molar-refractivity contribution in [2.45, 2.75) is 32.8 Å². The summed E-state index contributed by atoms with van der Waals surface area (Å²) < 4.78 is 23.7. The number of halogens is 2.